The minimum Gasteiger partial charge on any atom is -0.365 e. The van der Waals surface area contributed by atoms with Crippen molar-refractivity contribution < 1.29 is 9.59 Å². The van der Waals surface area contributed by atoms with Gasteiger partial charge in [0.2, 0.25) is 5.91 Å². The van der Waals surface area contributed by atoms with E-state index in [1.165, 1.54) is 16.7 Å². The Kier molecular flexibility index (Phi) is 5.90. The normalized spacial score (nSPS) is 18.3. The maximum absolute atomic E-state index is 13.1. The van der Waals surface area contributed by atoms with Crippen molar-refractivity contribution in [2.24, 2.45) is 5.73 Å². The lowest BCUT2D eigenvalue weighted by Crippen LogP contribution is -2.31. The molecule has 1 aliphatic heterocycles. The van der Waals surface area contributed by atoms with Gasteiger partial charge in [-0.05, 0) is 48.4 Å². The van der Waals surface area contributed by atoms with Gasteiger partial charge in [-0.3, -0.25) is 14.5 Å². The fraction of sp³-hybridized carbons (Fsp3) is 0.105. The molecule has 136 valence electrons. The molecule has 2 aromatic carbocycles. The summed E-state index contributed by atoms with van der Waals surface area (Å²) < 4.78 is 0.945. The number of nitriles is 1. The quantitative estimate of drug-likeness (QED) is 0.549. The van der Waals surface area contributed by atoms with E-state index in [4.69, 9.17) is 17.3 Å². The molecule has 0 radical (unpaired) electrons. The van der Waals surface area contributed by atoms with Crippen LogP contribution in [0.15, 0.2) is 63.6 Å². The van der Waals surface area contributed by atoms with Crippen LogP contribution in [0.5, 0.6) is 0 Å². The second-order valence-electron chi connectivity index (χ2n) is 5.74. The number of benzene rings is 2. The van der Waals surface area contributed by atoms with E-state index in [2.05, 4.69) is 15.9 Å². The maximum atomic E-state index is 13.1. The number of primary amides is 1. The Balaban J connectivity index is 2.01. The Labute approximate surface area is 173 Å². The largest absolute Gasteiger partial charge is 0.365 e. The number of halogens is 2. The number of carbonyl (C=O) groups is 2. The summed E-state index contributed by atoms with van der Waals surface area (Å²) in [5.41, 5.74) is 6.62. The predicted molar refractivity (Wildman–Crippen MR) is 110 cm³/mol. The van der Waals surface area contributed by atoms with Crippen LogP contribution in [-0.2, 0) is 16.0 Å². The molecule has 0 saturated carbocycles. The van der Waals surface area contributed by atoms with Crippen LogP contribution >= 0.6 is 39.3 Å². The minimum absolute atomic E-state index is 0.214. The summed E-state index contributed by atoms with van der Waals surface area (Å²) in [7, 11) is 0. The summed E-state index contributed by atoms with van der Waals surface area (Å²) in [5.74, 6) is -1.08. The molecule has 0 bridgehead atoms. The second kappa shape index (κ2) is 8.17. The highest BCUT2D eigenvalue weighted by atomic mass is 79.9. The fourth-order valence-electron chi connectivity index (χ4n) is 2.66. The van der Waals surface area contributed by atoms with Gasteiger partial charge >= 0.3 is 0 Å². The summed E-state index contributed by atoms with van der Waals surface area (Å²) in [4.78, 5) is 26.2. The Morgan fingerprint density at radius 1 is 1.22 bits per heavy atom. The van der Waals surface area contributed by atoms with Crippen LogP contribution in [0.25, 0.3) is 0 Å². The number of hydrogen-bond donors (Lipinski definition) is 1. The molecule has 27 heavy (non-hydrogen) atoms. The summed E-state index contributed by atoms with van der Waals surface area (Å²) in [6, 6.07) is 16.1. The molecule has 1 heterocycles. The van der Waals surface area contributed by atoms with Crippen molar-refractivity contribution in [1.82, 2.24) is 0 Å². The molecule has 0 aromatic heterocycles. The van der Waals surface area contributed by atoms with Gasteiger partial charge in [0.15, 0.2) is 0 Å². The van der Waals surface area contributed by atoms with E-state index in [1.54, 1.807) is 24.3 Å². The van der Waals surface area contributed by atoms with Crippen LogP contribution in [-0.4, -0.2) is 17.1 Å². The van der Waals surface area contributed by atoms with E-state index in [1.807, 2.05) is 30.3 Å². The molecule has 0 aliphatic carbocycles. The number of anilines is 1. The molecule has 1 fully saturated rings. The van der Waals surface area contributed by atoms with Gasteiger partial charge < -0.3 is 5.73 Å². The third-order valence-corrected chi connectivity index (χ3v) is 5.99. The minimum atomic E-state index is -0.865. The number of nitrogens with zero attached hydrogens (tertiary/aromatic N) is 2. The van der Waals surface area contributed by atoms with Crippen molar-refractivity contribution in [1.29, 1.82) is 5.26 Å². The smallest absolute Gasteiger partial charge is 0.262 e. The van der Waals surface area contributed by atoms with Gasteiger partial charge in [0.1, 0.15) is 16.7 Å². The third kappa shape index (κ3) is 4.19. The van der Waals surface area contributed by atoms with Crippen molar-refractivity contribution in [2.75, 3.05) is 4.90 Å². The molecular formula is C19H13BrClN3O2S. The summed E-state index contributed by atoms with van der Waals surface area (Å²) in [5, 5.41) is 9.67. The highest BCUT2D eigenvalue weighted by molar-refractivity contribution is 9.10. The van der Waals surface area contributed by atoms with Crippen molar-refractivity contribution in [3.8, 4) is 6.07 Å². The molecule has 1 aliphatic rings. The number of thioether (sulfide) groups is 1. The van der Waals surface area contributed by atoms with E-state index in [9.17, 15) is 14.9 Å². The lowest BCUT2D eigenvalue weighted by atomic mass is 10.1. The SMILES string of the molecule is N#C/C(C(N)=O)=C1/S[C@@H](Cc2ccc(Br)cc2)C(=O)N1c1ccc(Cl)cc1. The molecule has 2 aromatic rings. The second-order valence-corrected chi connectivity index (χ2v) is 8.29. The number of amides is 2. The molecule has 1 atom stereocenters. The van der Waals surface area contributed by atoms with Crippen molar-refractivity contribution >= 4 is 56.8 Å². The zero-order valence-corrected chi connectivity index (χ0v) is 17.0. The number of rotatable bonds is 4. The van der Waals surface area contributed by atoms with Crippen LogP contribution in [0.2, 0.25) is 5.02 Å². The standard InChI is InChI=1S/C19H13BrClN3O2S/c20-12-3-1-11(2-4-12)9-16-18(26)24(14-7-5-13(21)6-8-14)19(27-16)15(10-22)17(23)25/h1-8,16H,9H2,(H2,23,25)/b19-15-/t16-/m0/s1. The third-order valence-electron chi connectivity index (χ3n) is 3.94. The highest BCUT2D eigenvalue weighted by Gasteiger charge is 2.40. The van der Waals surface area contributed by atoms with Crippen molar-refractivity contribution in [2.45, 2.75) is 11.7 Å². The molecule has 2 amide bonds. The number of hydrogen-bond acceptors (Lipinski definition) is 4. The molecular weight excluding hydrogens is 450 g/mol. The van der Waals surface area contributed by atoms with Gasteiger partial charge in [-0.25, -0.2) is 0 Å². The van der Waals surface area contributed by atoms with Gasteiger partial charge in [0.05, 0.1) is 5.25 Å². The first-order valence-corrected chi connectivity index (χ1v) is 9.90. The fourth-order valence-corrected chi connectivity index (χ4v) is 4.37. The summed E-state index contributed by atoms with van der Waals surface area (Å²) in [6.07, 6.45) is 0.460. The van der Waals surface area contributed by atoms with Crippen molar-refractivity contribution in [3.05, 3.63) is 74.2 Å². The first kappa shape index (κ1) is 19.5. The molecule has 0 spiro atoms. The Bertz CT molecular complexity index is 968. The van der Waals surface area contributed by atoms with Crippen LogP contribution in [0.1, 0.15) is 5.56 Å². The van der Waals surface area contributed by atoms with E-state index >= 15 is 0 Å². The maximum Gasteiger partial charge on any atom is 0.262 e. The van der Waals surface area contributed by atoms with Gasteiger partial charge in [-0.2, -0.15) is 5.26 Å². The highest BCUT2D eigenvalue weighted by Crippen LogP contribution is 2.42. The lowest BCUT2D eigenvalue weighted by Gasteiger charge is -2.18. The zero-order valence-electron chi connectivity index (χ0n) is 13.9. The van der Waals surface area contributed by atoms with E-state index in [0.29, 0.717) is 17.1 Å². The monoisotopic (exact) mass is 461 g/mol. The van der Waals surface area contributed by atoms with E-state index in [0.717, 1.165) is 10.0 Å². The van der Waals surface area contributed by atoms with Gasteiger partial charge in [0, 0.05) is 15.2 Å². The molecule has 8 heteroatoms. The Hall–Kier alpha value is -2.27. The summed E-state index contributed by atoms with van der Waals surface area (Å²) in [6.45, 7) is 0. The van der Waals surface area contributed by atoms with E-state index < -0.39 is 11.2 Å². The lowest BCUT2D eigenvalue weighted by molar-refractivity contribution is -0.117. The van der Waals surface area contributed by atoms with Crippen LogP contribution < -0.4 is 10.6 Å². The topological polar surface area (TPSA) is 87.2 Å². The summed E-state index contributed by atoms with van der Waals surface area (Å²) >= 11 is 10.5. The number of nitrogens with two attached hydrogens (primary N) is 1. The van der Waals surface area contributed by atoms with Crippen LogP contribution in [0.4, 0.5) is 5.69 Å². The zero-order chi connectivity index (χ0) is 19.6. The predicted octanol–water partition coefficient (Wildman–Crippen LogP) is 4.01. The van der Waals surface area contributed by atoms with Crippen LogP contribution in [0.3, 0.4) is 0 Å². The average molecular weight is 463 g/mol. The van der Waals surface area contributed by atoms with Gasteiger partial charge in [0.25, 0.3) is 5.91 Å². The molecule has 3 rings (SSSR count). The van der Waals surface area contributed by atoms with Crippen LogP contribution in [0, 0.1) is 11.3 Å². The Morgan fingerprint density at radius 2 is 1.85 bits per heavy atom. The number of carbonyl (C=O) groups excluding carboxylic acids is 2. The Morgan fingerprint density at radius 3 is 2.41 bits per heavy atom. The van der Waals surface area contributed by atoms with Gasteiger partial charge in [-0.15, -0.1) is 0 Å². The first-order chi connectivity index (χ1) is 12.9. The van der Waals surface area contributed by atoms with E-state index in [-0.39, 0.29) is 16.5 Å². The molecule has 5 nitrogen and oxygen atoms in total. The van der Waals surface area contributed by atoms with Crippen molar-refractivity contribution in [3.63, 3.8) is 0 Å². The molecule has 2 N–H and O–H groups in total. The average Bonchev–Trinajstić information content (AvgIpc) is 2.94. The molecule has 1 saturated heterocycles. The molecule has 0 unspecified atom stereocenters. The first-order valence-electron chi connectivity index (χ1n) is 7.85. The van der Waals surface area contributed by atoms with Gasteiger partial charge in [-0.1, -0.05) is 51.4 Å².